The van der Waals surface area contributed by atoms with Gasteiger partial charge >= 0.3 is 0 Å². The van der Waals surface area contributed by atoms with Gasteiger partial charge in [0.25, 0.3) is 0 Å². The minimum absolute atomic E-state index is 0.128. The van der Waals surface area contributed by atoms with Crippen LogP contribution in [0.3, 0.4) is 0 Å². The minimum atomic E-state index is -0.633. The van der Waals surface area contributed by atoms with Gasteiger partial charge in [0, 0.05) is 24.2 Å². The summed E-state index contributed by atoms with van der Waals surface area (Å²) in [5.41, 5.74) is 2.85. The van der Waals surface area contributed by atoms with Crippen LogP contribution in [0.5, 0.6) is 11.5 Å². The normalized spacial score (nSPS) is 13.0. The molecule has 2 aromatic carbocycles. The second-order valence-corrected chi connectivity index (χ2v) is 8.31. The number of aliphatic hydroxyl groups is 4. The Balaban J connectivity index is 1.54. The Morgan fingerprint density at radius 3 is 1.44 bits per heavy atom. The van der Waals surface area contributed by atoms with E-state index in [2.05, 4.69) is 10.6 Å². The van der Waals surface area contributed by atoms with Gasteiger partial charge in [-0.1, -0.05) is 25.0 Å². The van der Waals surface area contributed by atoms with Gasteiger partial charge < -0.3 is 40.5 Å². The van der Waals surface area contributed by atoms with Crippen LogP contribution in [0.2, 0.25) is 0 Å². The molecule has 0 aliphatic carbocycles. The molecule has 34 heavy (non-hydrogen) atoms. The molecule has 2 atom stereocenters. The zero-order valence-electron chi connectivity index (χ0n) is 20.3. The van der Waals surface area contributed by atoms with Gasteiger partial charge in [-0.15, -0.1) is 0 Å². The summed E-state index contributed by atoms with van der Waals surface area (Å²) in [6, 6.07) is 10.7. The highest BCUT2D eigenvalue weighted by Gasteiger charge is 2.12. The van der Waals surface area contributed by atoms with Crippen molar-refractivity contribution in [3.8, 4) is 11.5 Å². The molecule has 0 amide bonds. The fourth-order valence-electron chi connectivity index (χ4n) is 3.83. The smallest absolute Gasteiger partial charge is 0.124 e. The van der Waals surface area contributed by atoms with Gasteiger partial charge in [-0.25, -0.2) is 0 Å². The van der Waals surface area contributed by atoms with Crippen LogP contribution in [0.1, 0.15) is 60.1 Å². The van der Waals surface area contributed by atoms with Crippen molar-refractivity contribution >= 4 is 0 Å². The van der Waals surface area contributed by atoms with E-state index in [1.807, 2.05) is 12.1 Å². The van der Waals surface area contributed by atoms with E-state index in [1.54, 1.807) is 38.5 Å². The molecule has 0 saturated carbocycles. The molecule has 8 heteroatoms. The van der Waals surface area contributed by atoms with E-state index >= 15 is 0 Å². The van der Waals surface area contributed by atoms with Crippen molar-refractivity contribution in [2.45, 2.75) is 51.1 Å². The third-order valence-electron chi connectivity index (χ3n) is 5.85. The highest BCUT2D eigenvalue weighted by molar-refractivity contribution is 5.38. The molecule has 6 N–H and O–H groups in total. The van der Waals surface area contributed by atoms with Crippen LogP contribution in [0.15, 0.2) is 36.4 Å². The van der Waals surface area contributed by atoms with E-state index in [1.165, 1.54) is 0 Å². The van der Waals surface area contributed by atoms with E-state index in [-0.39, 0.29) is 13.2 Å². The van der Waals surface area contributed by atoms with Gasteiger partial charge in [-0.2, -0.15) is 0 Å². The monoisotopic (exact) mass is 476 g/mol. The molecule has 0 aliphatic heterocycles. The maximum absolute atomic E-state index is 10.4. The third kappa shape index (κ3) is 8.87. The molecule has 0 aromatic heterocycles. The molecule has 190 valence electrons. The zero-order valence-corrected chi connectivity index (χ0v) is 20.3. The van der Waals surface area contributed by atoms with Crippen LogP contribution in [-0.4, -0.2) is 60.8 Å². The summed E-state index contributed by atoms with van der Waals surface area (Å²) < 4.78 is 10.4. The van der Waals surface area contributed by atoms with E-state index in [9.17, 15) is 20.4 Å². The summed E-state index contributed by atoms with van der Waals surface area (Å²) in [6.07, 6.45) is 2.95. The lowest BCUT2D eigenvalue weighted by Crippen LogP contribution is -2.23. The molecule has 0 aliphatic rings. The first-order valence-electron chi connectivity index (χ1n) is 11.9. The number of unbranched alkanes of at least 4 members (excludes halogenated alkanes) is 3. The Hall–Kier alpha value is -2.20. The molecular weight excluding hydrogens is 436 g/mol. The largest absolute Gasteiger partial charge is 0.496 e. The summed E-state index contributed by atoms with van der Waals surface area (Å²) >= 11 is 0. The highest BCUT2D eigenvalue weighted by atomic mass is 16.5. The zero-order chi connectivity index (χ0) is 24.8. The standard InChI is InChI=1S/C26H40N2O6/c1-33-25-9-7-19(13-21(25)17-29)23(31)15-27-11-5-3-4-6-12-28-16-24(32)20-8-10-26(34-2)22(14-20)18-30/h7-10,13-14,23-24,27-32H,3-6,11-12,15-18H2,1-2H3. The van der Waals surface area contributed by atoms with E-state index in [0.717, 1.165) is 49.9 Å². The van der Waals surface area contributed by atoms with Crippen molar-refractivity contribution in [3.05, 3.63) is 58.7 Å². The number of aliphatic hydroxyl groups excluding tert-OH is 4. The van der Waals surface area contributed by atoms with Crippen molar-refractivity contribution in [2.24, 2.45) is 0 Å². The molecule has 8 nitrogen and oxygen atoms in total. The Morgan fingerprint density at radius 2 is 1.09 bits per heavy atom. The Kier molecular flexibility index (Phi) is 12.9. The fraction of sp³-hybridized carbons (Fsp3) is 0.538. The number of ether oxygens (including phenoxy) is 2. The van der Waals surface area contributed by atoms with Crippen molar-refractivity contribution in [1.29, 1.82) is 0 Å². The van der Waals surface area contributed by atoms with Crippen LogP contribution in [0, 0.1) is 0 Å². The molecule has 2 aromatic rings. The molecule has 0 bridgehead atoms. The molecule has 0 heterocycles. The highest BCUT2D eigenvalue weighted by Crippen LogP contribution is 2.24. The number of nitrogens with one attached hydrogen (secondary N) is 2. The van der Waals surface area contributed by atoms with Gasteiger partial charge in [0.15, 0.2) is 0 Å². The molecule has 0 fully saturated rings. The van der Waals surface area contributed by atoms with Crippen LogP contribution >= 0.6 is 0 Å². The summed E-state index contributed by atoms with van der Waals surface area (Å²) in [6.45, 7) is 2.32. The fourth-order valence-corrected chi connectivity index (χ4v) is 3.83. The van der Waals surface area contributed by atoms with Crippen LogP contribution in [-0.2, 0) is 13.2 Å². The predicted molar refractivity (Wildman–Crippen MR) is 132 cm³/mol. The lowest BCUT2D eigenvalue weighted by atomic mass is 10.0. The van der Waals surface area contributed by atoms with Gasteiger partial charge in [0.2, 0.25) is 0 Å². The van der Waals surface area contributed by atoms with Gasteiger partial charge in [-0.3, -0.25) is 0 Å². The maximum atomic E-state index is 10.4. The topological polar surface area (TPSA) is 123 Å². The molecule has 2 unspecified atom stereocenters. The predicted octanol–water partition coefficient (Wildman–Crippen LogP) is 2.20. The number of benzene rings is 2. The summed E-state index contributed by atoms with van der Waals surface area (Å²) in [7, 11) is 3.12. The van der Waals surface area contributed by atoms with Crippen molar-refractivity contribution in [1.82, 2.24) is 10.6 Å². The molecule has 0 spiro atoms. The van der Waals surface area contributed by atoms with Crippen LogP contribution in [0.4, 0.5) is 0 Å². The third-order valence-corrected chi connectivity index (χ3v) is 5.85. The molecular formula is C26H40N2O6. The second kappa shape index (κ2) is 15.7. The number of methoxy groups -OCH3 is 2. The van der Waals surface area contributed by atoms with E-state index in [4.69, 9.17) is 9.47 Å². The Labute approximate surface area is 202 Å². The van der Waals surface area contributed by atoms with Gasteiger partial charge in [0.05, 0.1) is 39.6 Å². The first-order valence-corrected chi connectivity index (χ1v) is 11.9. The van der Waals surface area contributed by atoms with E-state index < -0.39 is 12.2 Å². The van der Waals surface area contributed by atoms with Crippen molar-refractivity contribution in [3.63, 3.8) is 0 Å². The maximum Gasteiger partial charge on any atom is 0.124 e. The average Bonchev–Trinajstić information content (AvgIpc) is 2.88. The first kappa shape index (κ1) is 28.0. The lowest BCUT2D eigenvalue weighted by molar-refractivity contribution is 0.173. The molecule has 2 rings (SSSR count). The van der Waals surface area contributed by atoms with Crippen molar-refractivity contribution < 1.29 is 29.9 Å². The number of hydrogen-bond acceptors (Lipinski definition) is 8. The number of rotatable bonds is 17. The first-order chi connectivity index (χ1) is 16.5. The Bertz CT molecular complexity index is 779. The van der Waals surface area contributed by atoms with Gasteiger partial charge in [-0.05, 0) is 61.3 Å². The van der Waals surface area contributed by atoms with Crippen LogP contribution < -0.4 is 20.1 Å². The average molecular weight is 477 g/mol. The quantitative estimate of drug-likeness (QED) is 0.192. The molecule has 0 saturated heterocycles. The second-order valence-electron chi connectivity index (χ2n) is 8.31. The van der Waals surface area contributed by atoms with E-state index in [0.29, 0.717) is 35.7 Å². The lowest BCUT2D eigenvalue weighted by Gasteiger charge is -2.15. The Morgan fingerprint density at radius 1 is 0.676 bits per heavy atom. The summed E-state index contributed by atoms with van der Waals surface area (Å²) in [5, 5.41) is 46.1. The number of hydrogen-bond donors (Lipinski definition) is 6. The van der Waals surface area contributed by atoms with Gasteiger partial charge in [0.1, 0.15) is 11.5 Å². The molecule has 0 radical (unpaired) electrons. The summed E-state index contributed by atoms with van der Waals surface area (Å²) in [5.74, 6) is 1.24. The van der Waals surface area contributed by atoms with Crippen molar-refractivity contribution in [2.75, 3.05) is 40.4 Å². The minimum Gasteiger partial charge on any atom is -0.496 e. The van der Waals surface area contributed by atoms with Crippen LogP contribution in [0.25, 0.3) is 0 Å². The SMILES string of the molecule is COc1ccc(C(O)CNCCCCCCNCC(O)c2ccc(OC)c(CO)c2)cc1CO. The summed E-state index contributed by atoms with van der Waals surface area (Å²) in [4.78, 5) is 0.